The molecule has 0 aromatic carbocycles. The Balaban J connectivity index is 2.56. The second-order valence-electron chi connectivity index (χ2n) is 7.03. The Kier molecular flexibility index (Phi) is 7.40. The molecule has 6 heteroatoms. The molecular formula is C16H32NO4P. The Hall–Kier alpha value is -0.540. The Morgan fingerprint density at radius 3 is 2.50 bits per heavy atom. The third-order valence-electron chi connectivity index (χ3n) is 3.85. The summed E-state index contributed by atoms with van der Waals surface area (Å²) in [5, 5.41) is 2.90. The van der Waals surface area contributed by atoms with Crippen molar-refractivity contribution in [2.75, 3.05) is 12.8 Å². The summed E-state index contributed by atoms with van der Waals surface area (Å²) in [5.41, 5.74) is -0.428. The molecule has 1 saturated carbocycles. The maximum absolute atomic E-state index is 13.1. The SMILES string of the molecule is CCCCP(=O)(OCC)[C@H]1CC[C@H](NC(=O)OC(C)(C)C)C1. The molecule has 0 spiro atoms. The summed E-state index contributed by atoms with van der Waals surface area (Å²) in [4.78, 5) is 11.8. The van der Waals surface area contributed by atoms with E-state index in [4.69, 9.17) is 9.26 Å². The van der Waals surface area contributed by atoms with Crippen molar-refractivity contribution in [2.24, 2.45) is 0 Å². The molecule has 1 aliphatic rings. The highest BCUT2D eigenvalue weighted by atomic mass is 31.2. The van der Waals surface area contributed by atoms with Crippen molar-refractivity contribution in [1.29, 1.82) is 0 Å². The van der Waals surface area contributed by atoms with Gasteiger partial charge in [0, 0.05) is 17.9 Å². The van der Waals surface area contributed by atoms with Crippen molar-refractivity contribution in [3.8, 4) is 0 Å². The number of amides is 1. The number of nitrogens with one attached hydrogen (secondary N) is 1. The number of ether oxygens (including phenoxy) is 1. The lowest BCUT2D eigenvalue weighted by Crippen LogP contribution is -2.38. The maximum Gasteiger partial charge on any atom is 0.407 e. The van der Waals surface area contributed by atoms with Crippen molar-refractivity contribution < 1.29 is 18.6 Å². The van der Waals surface area contributed by atoms with Crippen molar-refractivity contribution in [1.82, 2.24) is 5.32 Å². The van der Waals surface area contributed by atoms with Crippen LogP contribution in [0.5, 0.6) is 0 Å². The fourth-order valence-electron chi connectivity index (χ4n) is 2.87. The van der Waals surface area contributed by atoms with Crippen LogP contribution in [0.1, 0.15) is 66.7 Å². The van der Waals surface area contributed by atoms with Crippen LogP contribution in [0.25, 0.3) is 0 Å². The van der Waals surface area contributed by atoms with E-state index in [0.717, 1.165) is 32.1 Å². The van der Waals surface area contributed by atoms with Gasteiger partial charge >= 0.3 is 6.09 Å². The summed E-state index contributed by atoms with van der Waals surface area (Å²) in [6.07, 6.45) is 4.62. The predicted octanol–water partition coefficient (Wildman–Crippen LogP) is 4.55. The van der Waals surface area contributed by atoms with E-state index in [1.807, 2.05) is 27.7 Å². The molecule has 0 aliphatic heterocycles. The second-order valence-corrected chi connectivity index (χ2v) is 9.92. The van der Waals surface area contributed by atoms with Crippen LogP contribution in [0.3, 0.4) is 0 Å². The van der Waals surface area contributed by atoms with E-state index >= 15 is 0 Å². The lowest BCUT2D eigenvalue weighted by Gasteiger charge is -2.25. The van der Waals surface area contributed by atoms with Gasteiger partial charge in [-0.15, -0.1) is 0 Å². The highest BCUT2D eigenvalue weighted by molar-refractivity contribution is 7.59. The second kappa shape index (κ2) is 8.35. The smallest absolute Gasteiger partial charge is 0.407 e. The van der Waals surface area contributed by atoms with Gasteiger partial charge in [0.2, 0.25) is 7.37 Å². The largest absolute Gasteiger partial charge is 0.444 e. The molecule has 1 rings (SSSR count). The topological polar surface area (TPSA) is 64.6 Å². The number of carbonyl (C=O) groups is 1. The molecule has 0 heterocycles. The van der Waals surface area contributed by atoms with E-state index in [1.54, 1.807) is 0 Å². The molecule has 0 aromatic heterocycles. The molecule has 1 fully saturated rings. The fourth-order valence-corrected chi connectivity index (χ4v) is 5.89. The van der Waals surface area contributed by atoms with Crippen molar-refractivity contribution in [3.05, 3.63) is 0 Å². The first-order valence-corrected chi connectivity index (χ1v) is 10.3. The third kappa shape index (κ3) is 6.29. The molecular weight excluding hydrogens is 301 g/mol. The van der Waals surface area contributed by atoms with E-state index in [2.05, 4.69) is 12.2 Å². The van der Waals surface area contributed by atoms with E-state index in [-0.39, 0.29) is 11.7 Å². The van der Waals surface area contributed by atoms with E-state index in [0.29, 0.717) is 12.8 Å². The van der Waals surface area contributed by atoms with Crippen LogP contribution >= 0.6 is 7.37 Å². The minimum atomic E-state index is -2.60. The number of alkyl carbamates (subject to hydrolysis) is 1. The van der Waals surface area contributed by atoms with Crippen LogP contribution in [0.2, 0.25) is 0 Å². The quantitative estimate of drug-likeness (QED) is 0.694. The van der Waals surface area contributed by atoms with Gasteiger partial charge in [0.15, 0.2) is 0 Å². The molecule has 1 unspecified atom stereocenters. The van der Waals surface area contributed by atoms with Crippen LogP contribution in [-0.4, -0.2) is 36.2 Å². The average molecular weight is 333 g/mol. The zero-order chi connectivity index (χ0) is 16.8. The van der Waals surface area contributed by atoms with Crippen molar-refractivity contribution in [3.63, 3.8) is 0 Å². The van der Waals surface area contributed by atoms with Gasteiger partial charge in [0.25, 0.3) is 0 Å². The van der Waals surface area contributed by atoms with Crippen LogP contribution in [0, 0.1) is 0 Å². The van der Waals surface area contributed by atoms with Gasteiger partial charge in [-0.2, -0.15) is 0 Å². The third-order valence-corrected chi connectivity index (χ3v) is 7.07. The highest BCUT2D eigenvalue weighted by Crippen LogP contribution is 2.57. The van der Waals surface area contributed by atoms with Crippen molar-refractivity contribution in [2.45, 2.75) is 84.0 Å². The van der Waals surface area contributed by atoms with Gasteiger partial charge in [0.05, 0.1) is 6.61 Å². The van der Waals surface area contributed by atoms with Crippen molar-refractivity contribution >= 4 is 13.5 Å². The number of unbranched alkanes of at least 4 members (excludes halogenated alkanes) is 1. The zero-order valence-electron chi connectivity index (χ0n) is 14.7. The summed E-state index contributed by atoms with van der Waals surface area (Å²) < 4.78 is 24.0. The van der Waals surface area contributed by atoms with Crippen LogP contribution in [-0.2, 0) is 13.8 Å². The number of hydrogen-bond donors (Lipinski definition) is 1. The molecule has 5 nitrogen and oxygen atoms in total. The Bertz CT molecular complexity index is 405. The van der Waals surface area contributed by atoms with Gasteiger partial charge in [-0.3, -0.25) is 4.57 Å². The first-order chi connectivity index (χ1) is 10.2. The Labute approximate surface area is 135 Å². The molecule has 0 aromatic rings. The summed E-state index contributed by atoms with van der Waals surface area (Å²) in [6.45, 7) is 10.0. The molecule has 1 amide bonds. The molecule has 1 aliphatic carbocycles. The summed E-state index contributed by atoms with van der Waals surface area (Å²) >= 11 is 0. The minimum absolute atomic E-state index is 0.0373. The summed E-state index contributed by atoms with van der Waals surface area (Å²) in [5.74, 6) is 0. The monoisotopic (exact) mass is 333 g/mol. The van der Waals surface area contributed by atoms with Gasteiger partial charge in [-0.25, -0.2) is 4.79 Å². The summed E-state index contributed by atoms with van der Waals surface area (Å²) in [7, 11) is -2.60. The molecule has 0 radical (unpaired) electrons. The van der Waals surface area contributed by atoms with Gasteiger partial charge in [-0.1, -0.05) is 13.3 Å². The van der Waals surface area contributed by atoms with E-state index in [1.165, 1.54) is 0 Å². The lowest BCUT2D eigenvalue weighted by atomic mass is 10.2. The molecule has 1 N–H and O–H groups in total. The maximum atomic E-state index is 13.1. The average Bonchev–Trinajstić information content (AvgIpc) is 2.83. The molecule has 0 bridgehead atoms. The standard InChI is InChI=1S/C16H32NO4P/c1-6-8-11-22(19,20-7-2)14-10-9-13(12-14)17-15(18)21-16(3,4)5/h13-14H,6-12H2,1-5H3,(H,17,18)/t13-,14-,22?/m0/s1. The number of rotatable bonds is 7. The first kappa shape index (κ1) is 19.5. The molecule has 0 saturated heterocycles. The Morgan fingerprint density at radius 1 is 1.27 bits per heavy atom. The fraction of sp³-hybridized carbons (Fsp3) is 0.938. The number of hydrogen-bond acceptors (Lipinski definition) is 4. The van der Waals surface area contributed by atoms with Crippen LogP contribution < -0.4 is 5.32 Å². The Morgan fingerprint density at radius 2 is 1.95 bits per heavy atom. The normalized spacial score (nSPS) is 24.8. The van der Waals surface area contributed by atoms with Gasteiger partial charge in [0.1, 0.15) is 5.60 Å². The van der Waals surface area contributed by atoms with Gasteiger partial charge < -0.3 is 14.6 Å². The van der Waals surface area contributed by atoms with E-state index in [9.17, 15) is 9.36 Å². The number of carbonyl (C=O) groups excluding carboxylic acids is 1. The van der Waals surface area contributed by atoms with Crippen LogP contribution in [0.4, 0.5) is 4.79 Å². The summed E-state index contributed by atoms with van der Waals surface area (Å²) in [6, 6.07) is 0.0373. The van der Waals surface area contributed by atoms with Crippen LogP contribution in [0.15, 0.2) is 0 Å². The molecule has 3 atom stereocenters. The molecule has 130 valence electrons. The molecule has 22 heavy (non-hydrogen) atoms. The highest BCUT2D eigenvalue weighted by Gasteiger charge is 2.39. The lowest BCUT2D eigenvalue weighted by molar-refractivity contribution is 0.0505. The predicted molar refractivity (Wildman–Crippen MR) is 89.8 cm³/mol. The van der Waals surface area contributed by atoms with E-state index < -0.39 is 19.1 Å². The first-order valence-electron chi connectivity index (χ1n) is 8.43. The minimum Gasteiger partial charge on any atom is -0.444 e. The van der Waals surface area contributed by atoms with Gasteiger partial charge in [-0.05, 0) is 53.4 Å². The zero-order valence-corrected chi connectivity index (χ0v) is 15.6.